The van der Waals surface area contributed by atoms with Crippen molar-refractivity contribution in [1.82, 2.24) is 5.32 Å². The lowest BCUT2D eigenvalue weighted by Crippen LogP contribution is -2.48. The molecule has 0 heterocycles. The molecule has 0 bridgehead atoms. The standard InChI is InChI=1S/C16H27NO/c1-12-7-8-14(9-13(12)2)15(3,4)10-17-16(5,6)11-18/h7-9,17-18H,10-11H2,1-6H3. The van der Waals surface area contributed by atoms with E-state index in [2.05, 4.69) is 51.2 Å². The van der Waals surface area contributed by atoms with Crippen LogP contribution in [0.3, 0.4) is 0 Å². The average Bonchev–Trinajstić information content (AvgIpc) is 2.30. The zero-order valence-corrected chi connectivity index (χ0v) is 12.6. The zero-order valence-electron chi connectivity index (χ0n) is 12.6. The number of aliphatic hydroxyl groups excluding tert-OH is 1. The minimum absolute atomic E-state index is 0.0604. The van der Waals surface area contributed by atoms with Gasteiger partial charge in [0, 0.05) is 17.5 Å². The van der Waals surface area contributed by atoms with E-state index in [1.807, 2.05) is 13.8 Å². The summed E-state index contributed by atoms with van der Waals surface area (Å²) in [5.41, 5.74) is 3.84. The van der Waals surface area contributed by atoms with Crippen molar-refractivity contribution in [3.05, 3.63) is 34.9 Å². The van der Waals surface area contributed by atoms with Gasteiger partial charge in [0.25, 0.3) is 0 Å². The minimum Gasteiger partial charge on any atom is -0.394 e. The van der Waals surface area contributed by atoms with Crippen LogP contribution < -0.4 is 5.32 Å². The molecule has 18 heavy (non-hydrogen) atoms. The maximum Gasteiger partial charge on any atom is 0.0607 e. The molecule has 0 aromatic heterocycles. The Morgan fingerprint density at radius 1 is 1.06 bits per heavy atom. The van der Waals surface area contributed by atoms with E-state index in [1.165, 1.54) is 16.7 Å². The van der Waals surface area contributed by atoms with Crippen LogP contribution in [0.1, 0.15) is 44.4 Å². The molecule has 1 aromatic carbocycles. The largest absolute Gasteiger partial charge is 0.394 e. The number of aliphatic hydroxyl groups is 1. The maximum absolute atomic E-state index is 9.28. The Morgan fingerprint density at radius 2 is 1.67 bits per heavy atom. The lowest BCUT2D eigenvalue weighted by molar-refractivity contribution is 0.181. The van der Waals surface area contributed by atoms with Crippen LogP contribution in [0.15, 0.2) is 18.2 Å². The molecule has 0 aliphatic heterocycles. The van der Waals surface area contributed by atoms with Gasteiger partial charge >= 0.3 is 0 Å². The Morgan fingerprint density at radius 3 is 2.17 bits per heavy atom. The summed E-state index contributed by atoms with van der Waals surface area (Å²) < 4.78 is 0. The van der Waals surface area contributed by atoms with Crippen LogP contribution in [-0.2, 0) is 5.41 Å². The fourth-order valence-corrected chi connectivity index (χ4v) is 1.78. The summed E-state index contributed by atoms with van der Waals surface area (Å²) in [6.07, 6.45) is 0. The molecule has 0 saturated heterocycles. The lowest BCUT2D eigenvalue weighted by Gasteiger charge is -2.32. The van der Waals surface area contributed by atoms with E-state index in [-0.39, 0.29) is 17.6 Å². The molecule has 0 spiro atoms. The molecule has 0 aliphatic rings. The molecular formula is C16H27NO. The molecule has 1 rings (SSSR count). The highest BCUT2D eigenvalue weighted by Gasteiger charge is 2.24. The highest BCUT2D eigenvalue weighted by molar-refractivity contribution is 5.34. The van der Waals surface area contributed by atoms with E-state index < -0.39 is 0 Å². The van der Waals surface area contributed by atoms with Crippen molar-refractivity contribution in [2.45, 2.75) is 52.5 Å². The molecule has 0 radical (unpaired) electrons. The molecule has 2 N–H and O–H groups in total. The van der Waals surface area contributed by atoms with Gasteiger partial charge in [0.15, 0.2) is 0 Å². The predicted molar refractivity (Wildman–Crippen MR) is 78.1 cm³/mol. The van der Waals surface area contributed by atoms with Crippen molar-refractivity contribution < 1.29 is 5.11 Å². The maximum atomic E-state index is 9.28. The van der Waals surface area contributed by atoms with E-state index >= 15 is 0 Å². The first-order valence-corrected chi connectivity index (χ1v) is 6.61. The summed E-state index contributed by atoms with van der Waals surface area (Å²) in [6, 6.07) is 6.66. The first-order chi connectivity index (χ1) is 8.18. The summed E-state index contributed by atoms with van der Waals surface area (Å²) in [5, 5.41) is 12.7. The Kier molecular flexibility index (Phi) is 4.57. The summed E-state index contributed by atoms with van der Waals surface area (Å²) in [6.45, 7) is 13.8. The van der Waals surface area contributed by atoms with Crippen molar-refractivity contribution >= 4 is 0 Å². The molecule has 0 saturated carbocycles. The fourth-order valence-electron chi connectivity index (χ4n) is 1.78. The van der Waals surface area contributed by atoms with Crippen LogP contribution >= 0.6 is 0 Å². The smallest absolute Gasteiger partial charge is 0.0607 e. The van der Waals surface area contributed by atoms with Crippen LogP contribution in [-0.4, -0.2) is 23.8 Å². The number of nitrogens with one attached hydrogen (secondary N) is 1. The van der Waals surface area contributed by atoms with Crippen LogP contribution in [0.2, 0.25) is 0 Å². The predicted octanol–water partition coefficient (Wildman–Crippen LogP) is 2.94. The molecule has 1 aromatic rings. The second-order valence-electron chi connectivity index (χ2n) is 6.58. The summed E-state index contributed by atoms with van der Waals surface area (Å²) >= 11 is 0. The fraction of sp³-hybridized carbons (Fsp3) is 0.625. The number of benzene rings is 1. The van der Waals surface area contributed by atoms with E-state index in [9.17, 15) is 5.11 Å². The molecule has 0 atom stereocenters. The third kappa shape index (κ3) is 3.82. The second kappa shape index (κ2) is 5.41. The zero-order chi connectivity index (χ0) is 14.0. The van der Waals surface area contributed by atoms with Gasteiger partial charge in [-0.05, 0) is 44.4 Å². The normalized spacial score (nSPS) is 12.8. The topological polar surface area (TPSA) is 32.3 Å². The molecule has 2 heteroatoms. The number of hydrogen-bond donors (Lipinski definition) is 2. The molecule has 0 fully saturated rings. The van der Waals surface area contributed by atoms with Gasteiger partial charge in [-0.3, -0.25) is 0 Å². The van der Waals surface area contributed by atoms with Crippen LogP contribution in [0.5, 0.6) is 0 Å². The van der Waals surface area contributed by atoms with Gasteiger partial charge in [-0.1, -0.05) is 32.0 Å². The SMILES string of the molecule is Cc1ccc(C(C)(C)CNC(C)(C)CO)cc1C. The molecule has 102 valence electrons. The minimum atomic E-state index is -0.225. The van der Waals surface area contributed by atoms with E-state index in [0.717, 1.165) is 6.54 Å². The van der Waals surface area contributed by atoms with Crippen molar-refractivity contribution in [2.75, 3.05) is 13.2 Å². The number of hydrogen-bond acceptors (Lipinski definition) is 2. The Balaban J connectivity index is 2.82. The van der Waals surface area contributed by atoms with Gasteiger partial charge in [0.1, 0.15) is 0 Å². The Labute approximate surface area is 111 Å². The highest BCUT2D eigenvalue weighted by Crippen LogP contribution is 2.25. The monoisotopic (exact) mass is 249 g/mol. The highest BCUT2D eigenvalue weighted by atomic mass is 16.3. The van der Waals surface area contributed by atoms with E-state index in [0.29, 0.717) is 0 Å². The second-order valence-corrected chi connectivity index (χ2v) is 6.58. The van der Waals surface area contributed by atoms with Gasteiger partial charge in [-0.2, -0.15) is 0 Å². The molecule has 0 unspecified atom stereocenters. The van der Waals surface area contributed by atoms with Gasteiger partial charge in [-0.15, -0.1) is 0 Å². The summed E-state index contributed by atoms with van der Waals surface area (Å²) in [5.74, 6) is 0. The van der Waals surface area contributed by atoms with E-state index in [4.69, 9.17) is 0 Å². The molecular weight excluding hydrogens is 222 g/mol. The van der Waals surface area contributed by atoms with Crippen molar-refractivity contribution in [1.29, 1.82) is 0 Å². The quantitative estimate of drug-likeness (QED) is 0.841. The van der Waals surface area contributed by atoms with Crippen molar-refractivity contribution in [3.63, 3.8) is 0 Å². The van der Waals surface area contributed by atoms with E-state index in [1.54, 1.807) is 0 Å². The summed E-state index contributed by atoms with van der Waals surface area (Å²) in [7, 11) is 0. The Hall–Kier alpha value is -0.860. The average molecular weight is 249 g/mol. The van der Waals surface area contributed by atoms with Gasteiger partial charge in [-0.25, -0.2) is 0 Å². The summed E-state index contributed by atoms with van der Waals surface area (Å²) in [4.78, 5) is 0. The number of aryl methyl sites for hydroxylation is 2. The van der Waals surface area contributed by atoms with Crippen LogP contribution in [0.4, 0.5) is 0 Å². The van der Waals surface area contributed by atoms with Gasteiger partial charge in [0.2, 0.25) is 0 Å². The van der Waals surface area contributed by atoms with Crippen LogP contribution in [0.25, 0.3) is 0 Å². The third-order valence-electron chi connectivity index (χ3n) is 3.69. The Bertz CT molecular complexity index is 408. The molecule has 0 aliphatic carbocycles. The molecule has 2 nitrogen and oxygen atoms in total. The number of rotatable bonds is 5. The first-order valence-electron chi connectivity index (χ1n) is 6.61. The molecule has 0 amide bonds. The van der Waals surface area contributed by atoms with Crippen molar-refractivity contribution in [3.8, 4) is 0 Å². The first kappa shape index (κ1) is 15.2. The van der Waals surface area contributed by atoms with Gasteiger partial charge < -0.3 is 10.4 Å². The lowest BCUT2D eigenvalue weighted by atomic mass is 9.82. The van der Waals surface area contributed by atoms with Crippen LogP contribution in [0, 0.1) is 13.8 Å². The van der Waals surface area contributed by atoms with Gasteiger partial charge in [0.05, 0.1) is 6.61 Å². The third-order valence-corrected chi connectivity index (χ3v) is 3.69. The van der Waals surface area contributed by atoms with Crippen molar-refractivity contribution in [2.24, 2.45) is 0 Å².